The van der Waals surface area contributed by atoms with Gasteiger partial charge in [-0.1, -0.05) is 76.6 Å². The average Bonchev–Trinajstić information content (AvgIpc) is 3.00. The van der Waals surface area contributed by atoms with Gasteiger partial charge >= 0.3 is 0 Å². The monoisotopic (exact) mass is 369 g/mol. The number of carbonyl (C=O) groups is 1. The molecule has 1 heterocycles. The highest BCUT2D eigenvalue weighted by molar-refractivity contribution is 5.81. The highest BCUT2D eigenvalue weighted by atomic mass is 16.5. The van der Waals surface area contributed by atoms with Gasteiger partial charge in [-0.2, -0.15) is 0 Å². The summed E-state index contributed by atoms with van der Waals surface area (Å²) in [6.07, 6.45) is 0.887. The van der Waals surface area contributed by atoms with Crippen molar-refractivity contribution in [3.8, 4) is 5.75 Å². The Bertz CT molecular complexity index is 694. The Morgan fingerprint density at radius 2 is 1.67 bits per heavy atom. The molecule has 148 valence electrons. The van der Waals surface area contributed by atoms with Gasteiger partial charge in [-0.25, -0.2) is 0 Å². The highest BCUT2D eigenvalue weighted by Crippen LogP contribution is 2.37. The van der Waals surface area contributed by atoms with E-state index in [2.05, 4.69) is 31.2 Å². The lowest BCUT2D eigenvalue weighted by Gasteiger charge is -2.25. The first-order chi connectivity index (χ1) is 13.1. The number of methoxy groups -OCH3 is 1. The largest absolute Gasteiger partial charge is 0.497 e. The summed E-state index contributed by atoms with van der Waals surface area (Å²) in [6.45, 7) is 12.8. The van der Waals surface area contributed by atoms with E-state index >= 15 is 0 Å². The molecule has 1 fully saturated rings. The van der Waals surface area contributed by atoms with E-state index in [1.54, 1.807) is 7.11 Å². The van der Waals surface area contributed by atoms with Gasteiger partial charge in [-0.15, -0.1) is 0 Å². The molecule has 0 aromatic heterocycles. The average molecular weight is 370 g/mol. The summed E-state index contributed by atoms with van der Waals surface area (Å²) < 4.78 is 5.20. The second kappa shape index (κ2) is 11.4. The molecule has 0 spiro atoms. The maximum Gasteiger partial charge on any atom is 0.226 e. The van der Waals surface area contributed by atoms with Gasteiger partial charge in [0.25, 0.3) is 0 Å². The van der Waals surface area contributed by atoms with E-state index < -0.39 is 0 Å². The van der Waals surface area contributed by atoms with Crippen LogP contribution >= 0.6 is 0 Å². The number of aryl methyl sites for hydroxylation is 1. The molecule has 0 aliphatic carbocycles. The normalized spacial score (nSPS) is 18.2. The Morgan fingerprint density at radius 1 is 1.04 bits per heavy atom. The van der Waals surface area contributed by atoms with Crippen molar-refractivity contribution < 1.29 is 9.53 Å². The zero-order valence-corrected chi connectivity index (χ0v) is 18.0. The second-order valence-corrected chi connectivity index (χ2v) is 6.38. The summed E-state index contributed by atoms with van der Waals surface area (Å²) in [5.41, 5.74) is 3.60. The van der Waals surface area contributed by atoms with Gasteiger partial charge in [0.1, 0.15) is 5.75 Å². The summed E-state index contributed by atoms with van der Waals surface area (Å²) in [5, 5.41) is 0. The van der Waals surface area contributed by atoms with E-state index in [0.29, 0.717) is 6.54 Å². The van der Waals surface area contributed by atoms with Gasteiger partial charge in [0.05, 0.1) is 13.2 Å². The number of carbonyl (C=O) groups excluding carboxylic acids is 1. The number of ether oxygens (including phenoxy) is 1. The van der Waals surface area contributed by atoms with Crippen molar-refractivity contribution in [3.05, 3.63) is 65.2 Å². The lowest BCUT2D eigenvalue weighted by atomic mass is 9.99. The zero-order chi connectivity index (χ0) is 20.4. The van der Waals surface area contributed by atoms with Gasteiger partial charge in [0.2, 0.25) is 5.91 Å². The summed E-state index contributed by atoms with van der Waals surface area (Å²) in [4.78, 5) is 14.6. The van der Waals surface area contributed by atoms with Gasteiger partial charge < -0.3 is 9.64 Å². The lowest BCUT2D eigenvalue weighted by Crippen LogP contribution is -2.28. The SMILES string of the molecule is CC.CC.COc1ccc(CN2C(=O)C(C)CC2c2cccc(C)c2)cc1. The minimum atomic E-state index is 0.0822. The van der Waals surface area contributed by atoms with Crippen LogP contribution in [0.1, 0.15) is 63.8 Å². The van der Waals surface area contributed by atoms with Crippen molar-refractivity contribution >= 4 is 5.91 Å². The maximum atomic E-state index is 12.6. The predicted octanol–water partition coefficient (Wildman–Crippen LogP) is 6.17. The quantitative estimate of drug-likeness (QED) is 0.645. The van der Waals surface area contributed by atoms with Crippen molar-refractivity contribution in [3.63, 3.8) is 0 Å². The third-order valence-electron chi connectivity index (χ3n) is 4.60. The first-order valence-corrected chi connectivity index (χ1v) is 10.1. The highest BCUT2D eigenvalue weighted by Gasteiger charge is 2.37. The van der Waals surface area contributed by atoms with Crippen LogP contribution in [0.4, 0.5) is 0 Å². The Labute approximate surface area is 165 Å². The molecular formula is C24H35NO2. The van der Waals surface area contributed by atoms with E-state index in [0.717, 1.165) is 17.7 Å². The fourth-order valence-corrected chi connectivity index (χ4v) is 3.31. The van der Waals surface area contributed by atoms with Crippen molar-refractivity contribution in [1.82, 2.24) is 4.90 Å². The molecule has 2 aromatic rings. The number of amides is 1. The van der Waals surface area contributed by atoms with Gasteiger partial charge in [-0.3, -0.25) is 4.79 Å². The Hall–Kier alpha value is -2.29. The molecular weight excluding hydrogens is 334 g/mol. The van der Waals surface area contributed by atoms with Crippen molar-refractivity contribution in [2.45, 2.75) is 60.5 Å². The van der Waals surface area contributed by atoms with E-state index in [9.17, 15) is 4.79 Å². The molecule has 2 unspecified atom stereocenters. The number of likely N-dealkylation sites (tertiary alicyclic amines) is 1. The standard InChI is InChI=1S/C20H23NO2.2C2H6/c1-14-5-4-6-17(11-14)19-12-15(2)20(22)21(19)13-16-7-9-18(23-3)10-8-16;2*1-2/h4-11,15,19H,12-13H2,1-3H3;2*1-2H3. The molecule has 2 atom stereocenters. The topological polar surface area (TPSA) is 29.5 Å². The molecule has 2 aromatic carbocycles. The molecule has 0 saturated carbocycles. The summed E-state index contributed by atoms with van der Waals surface area (Å²) in [5.74, 6) is 1.16. The molecule has 1 aliphatic heterocycles. The number of nitrogens with zero attached hydrogens (tertiary/aromatic N) is 1. The third kappa shape index (κ3) is 5.85. The van der Waals surface area contributed by atoms with Crippen LogP contribution in [0.2, 0.25) is 0 Å². The van der Waals surface area contributed by atoms with Crippen LogP contribution in [0.25, 0.3) is 0 Å². The van der Waals surface area contributed by atoms with E-state index in [1.807, 2.05) is 63.8 Å². The first-order valence-electron chi connectivity index (χ1n) is 10.1. The van der Waals surface area contributed by atoms with Crippen LogP contribution in [0.15, 0.2) is 48.5 Å². The summed E-state index contributed by atoms with van der Waals surface area (Å²) >= 11 is 0. The van der Waals surface area contributed by atoms with E-state index in [4.69, 9.17) is 4.74 Å². The van der Waals surface area contributed by atoms with Crippen LogP contribution in [0, 0.1) is 12.8 Å². The van der Waals surface area contributed by atoms with Gasteiger partial charge in [0.15, 0.2) is 0 Å². The number of benzene rings is 2. The van der Waals surface area contributed by atoms with Crippen LogP contribution in [0.3, 0.4) is 0 Å². The molecule has 3 heteroatoms. The molecule has 1 amide bonds. The molecule has 1 saturated heterocycles. The second-order valence-electron chi connectivity index (χ2n) is 6.38. The van der Waals surface area contributed by atoms with Crippen LogP contribution < -0.4 is 4.74 Å². The van der Waals surface area contributed by atoms with E-state index in [-0.39, 0.29) is 17.9 Å². The molecule has 0 bridgehead atoms. The smallest absolute Gasteiger partial charge is 0.226 e. The molecule has 3 rings (SSSR count). The maximum absolute atomic E-state index is 12.6. The molecule has 1 aliphatic rings. The van der Waals surface area contributed by atoms with Crippen molar-refractivity contribution in [2.75, 3.05) is 7.11 Å². The Morgan fingerprint density at radius 3 is 2.22 bits per heavy atom. The summed E-state index contributed by atoms with van der Waals surface area (Å²) in [7, 11) is 1.66. The van der Waals surface area contributed by atoms with Crippen LogP contribution in [-0.2, 0) is 11.3 Å². The Kier molecular flexibility index (Phi) is 9.63. The Balaban J connectivity index is 0.000000855. The van der Waals surface area contributed by atoms with Gasteiger partial charge in [0, 0.05) is 12.5 Å². The first kappa shape index (κ1) is 22.8. The van der Waals surface area contributed by atoms with Crippen LogP contribution in [-0.4, -0.2) is 17.9 Å². The fraction of sp³-hybridized carbons (Fsp3) is 0.458. The third-order valence-corrected chi connectivity index (χ3v) is 4.60. The van der Waals surface area contributed by atoms with Gasteiger partial charge in [-0.05, 0) is 36.6 Å². The summed E-state index contributed by atoms with van der Waals surface area (Å²) in [6, 6.07) is 16.6. The zero-order valence-electron chi connectivity index (χ0n) is 18.0. The number of hydrogen-bond acceptors (Lipinski definition) is 2. The molecule has 3 nitrogen and oxygen atoms in total. The molecule has 0 radical (unpaired) electrons. The van der Waals surface area contributed by atoms with Crippen LogP contribution in [0.5, 0.6) is 5.75 Å². The minimum absolute atomic E-state index is 0.0822. The van der Waals surface area contributed by atoms with Crippen molar-refractivity contribution in [2.24, 2.45) is 5.92 Å². The lowest BCUT2D eigenvalue weighted by molar-refractivity contribution is -0.132. The van der Waals surface area contributed by atoms with E-state index in [1.165, 1.54) is 11.1 Å². The number of hydrogen-bond donors (Lipinski definition) is 0. The minimum Gasteiger partial charge on any atom is -0.497 e. The fourth-order valence-electron chi connectivity index (χ4n) is 3.31. The van der Waals surface area contributed by atoms with Crippen molar-refractivity contribution in [1.29, 1.82) is 0 Å². The molecule has 27 heavy (non-hydrogen) atoms. The number of rotatable bonds is 4. The molecule has 0 N–H and O–H groups in total. The predicted molar refractivity (Wildman–Crippen MR) is 114 cm³/mol.